The zero-order valence-electron chi connectivity index (χ0n) is 9.58. The minimum absolute atomic E-state index is 1.04. The van der Waals surface area contributed by atoms with Gasteiger partial charge in [-0.3, -0.25) is 0 Å². The maximum atomic E-state index is 4.38. The molecule has 0 saturated heterocycles. The summed E-state index contributed by atoms with van der Waals surface area (Å²) in [6.45, 7) is 10.2. The molecule has 15 heavy (non-hydrogen) atoms. The molecule has 0 fully saturated rings. The molecular formula is C13H17NS. The van der Waals surface area contributed by atoms with Crippen LogP contribution in [0.4, 0.5) is 0 Å². The first kappa shape index (κ1) is 11.9. The predicted molar refractivity (Wildman–Crippen MR) is 69.2 cm³/mol. The molecule has 1 aromatic rings. The van der Waals surface area contributed by atoms with E-state index in [4.69, 9.17) is 0 Å². The van der Waals surface area contributed by atoms with E-state index in [-0.39, 0.29) is 0 Å². The van der Waals surface area contributed by atoms with Crippen LogP contribution in [-0.4, -0.2) is 4.98 Å². The predicted octanol–water partition coefficient (Wildman–Crippen LogP) is 4.30. The standard InChI is InChI=1S/C13H17NS/c1-5-6-7-8-9-10(2)13-11(3)14-12(4)15-13/h6-9H,2,5H2,1,3-4H3/b7-6-,9-8-. The van der Waals surface area contributed by atoms with E-state index in [0.717, 1.165) is 22.7 Å². The van der Waals surface area contributed by atoms with Crippen molar-refractivity contribution in [2.24, 2.45) is 0 Å². The summed E-state index contributed by atoms with van der Waals surface area (Å²) in [4.78, 5) is 5.57. The molecule has 0 amide bonds. The van der Waals surface area contributed by atoms with Crippen LogP contribution in [0.15, 0.2) is 30.9 Å². The maximum Gasteiger partial charge on any atom is 0.0903 e. The van der Waals surface area contributed by atoms with Gasteiger partial charge in [0.25, 0.3) is 0 Å². The van der Waals surface area contributed by atoms with Crippen LogP contribution in [0.25, 0.3) is 5.57 Å². The molecule has 0 atom stereocenters. The molecule has 0 radical (unpaired) electrons. The van der Waals surface area contributed by atoms with Gasteiger partial charge in [0.15, 0.2) is 0 Å². The van der Waals surface area contributed by atoms with Crippen LogP contribution in [0, 0.1) is 13.8 Å². The van der Waals surface area contributed by atoms with Crippen LogP contribution in [-0.2, 0) is 0 Å². The molecular weight excluding hydrogens is 202 g/mol. The van der Waals surface area contributed by atoms with Crippen molar-refractivity contribution in [3.05, 3.63) is 46.5 Å². The summed E-state index contributed by atoms with van der Waals surface area (Å²) in [6.07, 6.45) is 9.30. The highest BCUT2D eigenvalue weighted by Gasteiger charge is 2.05. The minimum Gasteiger partial charge on any atom is -0.246 e. The van der Waals surface area contributed by atoms with E-state index in [1.807, 2.05) is 26.0 Å². The van der Waals surface area contributed by atoms with Gasteiger partial charge < -0.3 is 0 Å². The first-order valence-electron chi connectivity index (χ1n) is 5.11. The van der Waals surface area contributed by atoms with Crippen molar-refractivity contribution in [2.75, 3.05) is 0 Å². The molecule has 0 unspecified atom stereocenters. The first-order chi connectivity index (χ1) is 7.15. The molecule has 0 aliphatic carbocycles. The largest absolute Gasteiger partial charge is 0.246 e. The molecule has 1 heterocycles. The Kier molecular flexibility index (Phi) is 4.50. The zero-order valence-corrected chi connectivity index (χ0v) is 10.4. The molecule has 1 nitrogen and oxygen atoms in total. The normalized spacial score (nSPS) is 11.7. The zero-order chi connectivity index (χ0) is 11.3. The van der Waals surface area contributed by atoms with Gasteiger partial charge in [-0.2, -0.15) is 0 Å². The Balaban J connectivity index is 2.73. The Morgan fingerprint density at radius 3 is 2.67 bits per heavy atom. The highest BCUT2D eigenvalue weighted by atomic mass is 32.1. The SMILES string of the molecule is C=C(/C=C\C=C/CC)c1sc(C)nc1C. The average molecular weight is 219 g/mol. The van der Waals surface area contributed by atoms with E-state index in [1.54, 1.807) is 11.3 Å². The van der Waals surface area contributed by atoms with Crippen molar-refractivity contribution >= 4 is 16.9 Å². The molecule has 0 N–H and O–H groups in total. The fourth-order valence-corrected chi connectivity index (χ4v) is 2.16. The lowest BCUT2D eigenvalue weighted by molar-refractivity contribution is 1.19. The van der Waals surface area contributed by atoms with Crippen molar-refractivity contribution in [3.8, 4) is 0 Å². The Labute approximate surface area is 95.9 Å². The molecule has 0 aromatic carbocycles. The summed E-state index contributed by atoms with van der Waals surface area (Å²) in [7, 11) is 0. The van der Waals surface area contributed by atoms with Crippen LogP contribution in [0.1, 0.15) is 28.9 Å². The lowest BCUT2D eigenvalue weighted by Crippen LogP contribution is -1.78. The lowest BCUT2D eigenvalue weighted by Gasteiger charge is -1.94. The summed E-state index contributed by atoms with van der Waals surface area (Å²) in [5, 5.41) is 1.10. The van der Waals surface area contributed by atoms with Gasteiger partial charge in [-0.15, -0.1) is 11.3 Å². The van der Waals surface area contributed by atoms with Gasteiger partial charge in [0.05, 0.1) is 15.6 Å². The van der Waals surface area contributed by atoms with Crippen molar-refractivity contribution in [1.29, 1.82) is 0 Å². The van der Waals surface area contributed by atoms with E-state index in [9.17, 15) is 0 Å². The van der Waals surface area contributed by atoms with Gasteiger partial charge in [0, 0.05) is 0 Å². The number of hydrogen-bond acceptors (Lipinski definition) is 2. The van der Waals surface area contributed by atoms with Gasteiger partial charge >= 0.3 is 0 Å². The highest BCUT2D eigenvalue weighted by Crippen LogP contribution is 2.25. The highest BCUT2D eigenvalue weighted by molar-refractivity contribution is 7.12. The second kappa shape index (κ2) is 5.66. The minimum atomic E-state index is 1.04. The number of thiazole rings is 1. The number of rotatable bonds is 4. The van der Waals surface area contributed by atoms with Crippen molar-refractivity contribution < 1.29 is 0 Å². The molecule has 0 aliphatic heterocycles. The fraction of sp³-hybridized carbons (Fsp3) is 0.308. The Hall–Kier alpha value is -1.15. The van der Waals surface area contributed by atoms with Crippen LogP contribution in [0.3, 0.4) is 0 Å². The van der Waals surface area contributed by atoms with Crippen molar-refractivity contribution in [1.82, 2.24) is 4.98 Å². The van der Waals surface area contributed by atoms with E-state index in [2.05, 4.69) is 30.6 Å². The van der Waals surface area contributed by atoms with Crippen LogP contribution in [0.2, 0.25) is 0 Å². The number of aromatic nitrogens is 1. The van der Waals surface area contributed by atoms with Gasteiger partial charge in [0.2, 0.25) is 0 Å². The quantitative estimate of drug-likeness (QED) is 0.688. The van der Waals surface area contributed by atoms with Gasteiger partial charge in [-0.25, -0.2) is 4.98 Å². The van der Waals surface area contributed by atoms with Gasteiger partial charge in [-0.1, -0.05) is 37.8 Å². The third-order valence-electron chi connectivity index (χ3n) is 1.98. The van der Waals surface area contributed by atoms with E-state index in [0.29, 0.717) is 0 Å². The molecule has 0 bridgehead atoms. The third-order valence-corrected chi connectivity index (χ3v) is 3.12. The molecule has 1 aromatic heterocycles. The lowest BCUT2D eigenvalue weighted by atomic mass is 10.2. The number of nitrogens with zero attached hydrogens (tertiary/aromatic N) is 1. The van der Waals surface area contributed by atoms with E-state index >= 15 is 0 Å². The Morgan fingerprint density at radius 2 is 2.13 bits per heavy atom. The van der Waals surface area contributed by atoms with Gasteiger partial charge in [-0.05, 0) is 25.8 Å². The second-order valence-electron chi connectivity index (χ2n) is 3.37. The molecule has 1 rings (SSSR count). The maximum absolute atomic E-state index is 4.38. The molecule has 80 valence electrons. The summed E-state index contributed by atoms with van der Waals surface area (Å²) >= 11 is 1.70. The van der Waals surface area contributed by atoms with E-state index in [1.165, 1.54) is 4.88 Å². The molecule has 0 aliphatic rings. The Morgan fingerprint density at radius 1 is 1.40 bits per heavy atom. The summed E-state index contributed by atoms with van der Waals surface area (Å²) in [6, 6.07) is 0. The molecule has 0 spiro atoms. The topological polar surface area (TPSA) is 12.9 Å². The summed E-state index contributed by atoms with van der Waals surface area (Å²) < 4.78 is 0. The van der Waals surface area contributed by atoms with Crippen molar-refractivity contribution in [2.45, 2.75) is 27.2 Å². The second-order valence-corrected chi connectivity index (χ2v) is 4.57. The van der Waals surface area contributed by atoms with Crippen LogP contribution < -0.4 is 0 Å². The smallest absolute Gasteiger partial charge is 0.0903 e. The number of hydrogen-bond donors (Lipinski definition) is 0. The molecule has 2 heteroatoms. The number of aryl methyl sites for hydroxylation is 2. The third kappa shape index (κ3) is 3.48. The van der Waals surface area contributed by atoms with Crippen LogP contribution >= 0.6 is 11.3 Å². The van der Waals surface area contributed by atoms with Crippen molar-refractivity contribution in [3.63, 3.8) is 0 Å². The molecule has 0 saturated carbocycles. The van der Waals surface area contributed by atoms with Gasteiger partial charge in [0.1, 0.15) is 0 Å². The number of allylic oxidation sites excluding steroid dienone is 5. The van der Waals surface area contributed by atoms with E-state index < -0.39 is 0 Å². The fourth-order valence-electron chi connectivity index (χ4n) is 1.29. The Bertz CT molecular complexity index is 397. The monoisotopic (exact) mass is 219 g/mol. The average Bonchev–Trinajstić information content (AvgIpc) is 2.52. The summed E-state index contributed by atoms with van der Waals surface area (Å²) in [5.41, 5.74) is 2.12. The summed E-state index contributed by atoms with van der Waals surface area (Å²) in [5.74, 6) is 0. The van der Waals surface area contributed by atoms with Crippen LogP contribution in [0.5, 0.6) is 0 Å². The first-order valence-corrected chi connectivity index (χ1v) is 5.93.